The van der Waals surface area contributed by atoms with E-state index in [0.717, 1.165) is 22.2 Å². The molecule has 0 spiro atoms. The summed E-state index contributed by atoms with van der Waals surface area (Å²) in [6.07, 6.45) is 1.80. The van der Waals surface area contributed by atoms with Gasteiger partial charge in [-0.2, -0.15) is 0 Å². The summed E-state index contributed by atoms with van der Waals surface area (Å²) < 4.78 is 0. The maximum atomic E-state index is 13.5. The molecule has 3 aromatic carbocycles. The Balaban J connectivity index is 1.50. The number of anilines is 1. The lowest BCUT2D eigenvalue weighted by Gasteiger charge is -2.43. The SMILES string of the molecule is O=C(c1c[nH]c2ccccc12)N1CCN(c2ccc(Cl)cc2Cl)C(c2ccc(Cl)cc2)C1. The number of halogens is 3. The Morgan fingerprint density at radius 2 is 1.66 bits per heavy atom. The minimum atomic E-state index is -0.0751. The van der Waals surface area contributed by atoms with Crippen LogP contribution in [0.25, 0.3) is 10.9 Å². The molecule has 1 unspecified atom stereocenters. The van der Waals surface area contributed by atoms with Gasteiger partial charge in [0.25, 0.3) is 5.91 Å². The number of piperazine rings is 1. The van der Waals surface area contributed by atoms with Crippen molar-refractivity contribution in [3.8, 4) is 0 Å². The monoisotopic (exact) mass is 483 g/mol. The number of aromatic nitrogens is 1. The van der Waals surface area contributed by atoms with Crippen LogP contribution in [0.5, 0.6) is 0 Å². The maximum absolute atomic E-state index is 13.5. The highest BCUT2D eigenvalue weighted by Gasteiger charge is 2.33. The fraction of sp³-hybridized carbons (Fsp3) is 0.160. The fourth-order valence-corrected chi connectivity index (χ4v) is 5.00. The quantitative estimate of drug-likeness (QED) is 0.346. The molecule has 0 bridgehead atoms. The van der Waals surface area contributed by atoms with Gasteiger partial charge in [0.2, 0.25) is 0 Å². The Bertz CT molecular complexity index is 1290. The lowest BCUT2D eigenvalue weighted by atomic mass is 10.0. The molecule has 1 aliphatic rings. The van der Waals surface area contributed by atoms with Gasteiger partial charge in [-0.3, -0.25) is 4.79 Å². The van der Waals surface area contributed by atoms with Crippen molar-refractivity contribution >= 4 is 57.3 Å². The van der Waals surface area contributed by atoms with Crippen LogP contribution in [0.15, 0.2) is 72.9 Å². The Morgan fingerprint density at radius 1 is 0.906 bits per heavy atom. The third-order valence-corrected chi connectivity index (χ3v) is 6.75. The van der Waals surface area contributed by atoms with E-state index in [1.54, 1.807) is 12.3 Å². The number of nitrogens with zero attached hydrogens (tertiary/aromatic N) is 2. The highest BCUT2D eigenvalue weighted by Crippen LogP contribution is 2.37. The number of para-hydroxylation sites is 1. The fourth-order valence-electron chi connectivity index (χ4n) is 4.36. The molecular formula is C25H20Cl3N3O. The van der Waals surface area contributed by atoms with E-state index in [2.05, 4.69) is 9.88 Å². The van der Waals surface area contributed by atoms with E-state index in [1.165, 1.54) is 0 Å². The average molecular weight is 485 g/mol. The molecule has 4 nitrogen and oxygen atoms in total. The first-order valence-electron chi connectivity index (χ1n) is 10.3. The molecule has 32 heavy (non-hydrogen) atoms. The molecule has 0 aliphatic carbocycles. The predicted octanol–water partition coefficient (Wildman–Crippen LogP) is 6.83. The van der Waals surface area contributed by atoms with Gasteiger partial charge < -0.3 is 14.8 Å². The second kappa shape index (κ2) is 8.70. The van der Waals surface area contributed by atoms with Crippen molar-refractivity contribution < 1.29 is 4.79 Å². The van der Waals surface area contributed by atoms with Crippen molar-refractivity contribution in [1.82, 2.24) is 9.88 Å². The van der Waals surface area contributed by atoms with E-state index in [9.17, 15) is 4.79 Å². The van der Waals surface area contributed by atoms with Crippen molar-refractivity contribution in [2.45, 2.75) is 6.04 Å². The Hall–Kier alpha value is -2.66. The van der Waals surface area contributed by atoms with Crippen LogP contribution >= 0.6 is 34.8 Å². The zero-order valence-corrected chi connectivity index (χ0v) is 19.3. The molecule has 1 saturated heterocycles. The second-order valence-corrected chi connectivity index (χ2v) is 9.14. The third-order valence-electron chi connectivity index (χ3n) is 5.96. The van der Waals surface area contributed by atoms with Crippen LogP contribution < -0.4 is 4.90 Å². The van der Waals surface area contributed by atoms with Crippen molar-refractivity contribution in [3.63, 3.8) is 0 Å². The van der Waals surface area contributed by atoms with Gasteiger partial charge in [-0.15, -0.1) is 0 Å². The number of amides is 1. The summed E-state index contributed by atoms with van der Waals surface area (Å²) >= 11 is 18.8. The van der Waals surface area contributed by atoms with Crippen molar-refractivity contribution in [3.05, 3.63) is 99.1 Å². The van der Waals surface area contributed by atoms with E-state index in [1.807, 2.05) is 65.6 Å². The summed E-state index contributed by atoms with van der Waals surface area (Å²) in [4.78, 5) is 20.8. The van der Waals surface area contributed by atoms with E-state index in [4.69, 9.17) is 34.8 Å². The summed E-state index contributed by atoms with van der Waals surface area (Å²) in [5.74, 6) is 0.0169. The maximum Gasteiger partial charge on any atom is 0.256 e. The first-order valence-corrected chi connectivity index (χ1v) is 11.5. The topological polar surface area (TPSA) is 39.3 Å². The van der Waals surface area contributed by atoms with E-state index < -0.39 is 0 Å². The molecule has 7 heteroatoms. The summed E-state index contributed by atoms with van der Waals surface area (Å²) in [7, 11) is 0. The van der Waals surface area contributed by atoms with Gasteiger partial charge in [-0.1, -0.05) is 65.1 Å². The van der Waals surface area contributed by atoms with E-state index in [0.29, 0.717) is 40.3 Å². The van der Waals surface area contributed by atoms with Gasteiger partial charge in [0, 0.05) is 46.8 Å². The highest BCUT2D eigenvalue weighted by molar-refractivity contribution is 6.36. The zero-order valence-electron chi connectivity index (χ0n) is 17.1. The summed E-state index contributed by atoms with van der Waals surface area (Å²) in [5, 5.41) is 2.79. The van der Waals surface area contributed by atoms with Crippen molar-refractivity contribution in [2.24, 2.45) is 0 Å². The number of aromatic amines is 1. The Kier molecular flexibility index (Phi) is 5.76. The Morgan fingerprint density at radius 3 is 2.44 bits per heavy atom. The van der Waals surface area contributed by atoms with Gasteiger partial charge in [0.1, 0.15) is 0 Å². The van der Waals surface area contributed by atoms with Gasteiger partial charge in [0.05, 0.1) is 22.3 Å². The van der Waals surface area contributed by atoms with Gasteiger partial charge in [0.15, 0.2) is 0 Å². The normalized spacial score (nSPS) is 16.5. The van der Waals surface area contributed by atoms with Gasteiger partial charge >= 0.3 is 0 Å². The molecule has 1 aromatic heterocycles. The number of fused-ring (bicyclic) bond motifs is 1. The van der Waals surface area contributed by atoms with Crippen LogP contribution in [0.1, 0.15) is 22.0 Å². The number of carbonyl (C=O) groups is 1. The van der Waals surface area contributed by atoms with Crippen molar-refractivity contribution in [2.75, 3.05) is 24.5 Å². The molecule has 1 N–H and O–H groups in total. The molecule has 162 valence electrons. The number of benzene rings is 3. The minimum absolute atomic E-state index is 0.0169. The lowest BCUT2D eigenvalue weighted by molar-refractivity contribution is 0.0724. The third kappa shape index (κ3) is 3.95. The van der Waals surface area contributed by atoms with Crippen LogP contribution in [0.4, 0.5) is 5.69 Å². The molecule has 4 aromatic rings. The van der Waals surface area contributed by atoms with Crippen LogP contribution in [0.3, 0.4) is 0 Å². The van der Waals surface area contributed by atoms with E-state index in [-0.39, 0.29) is 11.9 Å². The molecule has 1 fully saturated rings. The molecule has 2 heterocycles. The number of rotatable bonds is 3. The number of hydrogen-bond acceptors (Lipinski definition) is 2. The van der Waals surface area contributed by atoms with Crippen LogP contribution in [0, 0.1) is 0 Å². The summed E-state index contributed by atoms with van der Waals surface area (Å²) in [5.41, 5.74) is 3.61. The number of hydrogen-bond donors (Lipinski definition) is 1. The van der Waals surface area contributed by atoms with Crippen LogP contribution in [-0.4, -0.2) is 35.4 Å². The van der Waals surface area contributed by atoms with Crippen LogP contribution in [-0.2, 0) is 0 Å². The second-order valence-electron chi connectivity index (χ2n) is 7.86. The number of H-pyrrole nitrogens is 1. The Labute approximate surface area is 201 Å². The average Bonchev–Trinajstić information content (AvgIpc) is 3.23. The molecule has 0 radical (unpaired) electrons. The first-order chi connectivity index (χ1) is 15.5. The molecule has 1 amide bonds. The van der Waals surface area contributed by atoms with Gasteiger partial charge in [-0.25, -0.2) is 0 Å². The van der Waals surface area contributed by atoms with Gasteiger partial charge in [-0.05, 0) is 42.0 Å². The number of nitrogens with one attached hydrogen (secondary N) is 1. The summed E-state index contributed by atoms with van der Waals surface area (Å²) in [6.45, 7) is 1.75. The molecule has 0 saturated carbocycles. The standard InChI is InChI=1S/C25H20Cl3N3O/c26-17-7-5-16(6-8-17)24-15-30(11-12-31(24)23-10-9-18(27)13-21(23)28)25(32)20-14-29-22-4-2-1-3-19(20)22/h1-10,13-14,24,29H,11-12,15H2. The lowest BCUT2D eigenvalue weighted by Crippen LogP contribution is -2.50. The van der Waals surface area contributed by atoms with E-state index >= 15 is 0 Å². The smallest absolute Gasteiger partial charge is 0.256 e. The van der Waals surface area contributed by atoms with Crippen molar-refractivity contribution in [1.29, 1.82) is 0 Å². The highest BCUT2D eigenvalue weighted by atomic mass is 35.5. The van der Waals surface area contributed by atoms with Crippen LogP contribution in [0.2, 0.25) is 15.1 Å². The molecular weight excluding hydrogens is 465 g/mol. The molecule has 1 atom stereocenters. The largest absolute Gasteiger partial charge is 0.360 e. The minimum Gasteiger partial charge on any atom is -0.360 e. The molecule has 5 rings (SSSR count). The summed E-state index contributed by atoms with van der Waals surface area (Å²) in [6, 6.07) is 21.1. The molecule has 1 aliphatic heterocycles. The zero-order chi connectivity index (χ0) is 22.2. The number of carbonyl (C=O) groups excluding carboxylic acids is 1. The predicted molar refractivity (Wildman–Crippen MR) is 132 cm³/mol. The first kappa shape index (κ1) is 21.2.